The van der Waals surface area contributed by atoms with E-state index >= 15 is 0 Å². The normalized spacial score (nSPS) is 11.6. The summed E-state index contributed by atoms with van der Waals surface area (Å²) in [6.07, 6.45) is 2.31. The summed E-state index contributed by atoms with van der Waals surface area (Å²) in [6, 6.07) is 13.7. The van der Waals surface area contributed by atoms with E-state index in [2.05, 4.69) is 17.0 Å². The summed E-state index contributed by atoms with van der Waals surface area (Å²) in [7, 11) is 0. The predicted molar refractivity (Wildman–Crippen MR) is 109 cm³/mol. The molecule has 1 amide bonds. The molecule has 0 spiro atoms. The van der Waals surface area contributed by atoms with Crippen LogP contribution in [0.4, 0.5) is 0 Å². The van der Waals surface area contributed by atoms with Crippen molar-refractivity contribution in [3.8, 4) is 10.6 Å². The topological polar surface area (TPSA) is 73.2 Å². The molecule has 28 heavy (non-hydrogen) atoms. The number of rotatable bonds is 8. The molecule has 0 fully saturated rings. The third-order valence-electron chi connectivity index (χ3n) is 4.00. The van der Waals surface area contributed by atoms with Crippen molar-refractivity contribution >= 4 is 23.2 Å². The first kappa shape index (κ1) is 19.6. The predicted octanol–water partition coefficient (Wildman–Crippen LogP) is 3.51. The fourth-order valence-electron chi connectivity index (χ4n) is 2.61. The molecular weight excluding hydrogens is 374 g/mol. The molecule has 0 aliphatic rings. The minimum absolute atomic E-state index is 0.316. The third-order valence-corrected chi connectivity index (χ3v) is 4.87. The average molecular weight is 395 g/mol. The standard InChI is InChI=1S/C21H21N3O3S/c1-3-11-22-20(25)15(2)27-21(26)17-14-24(13-16-8-5-4-6-9-16)23-19(17)18-10-7-12-28-18/h3-10,12,14-15H,1,11,13H2,2H3,(H,22,25)/t15-/m1/s1. The number of carbonyl (C=O) groups excluding carboxylic acids is 2. The maximum Gasteiger partial charge on any atom is 0.342 e. The van der Waals surface area contributed by atoms with E-state index in [-0.39, 0.29) is 5.91 Å². The molecular formula is C21H21N3O3S. The van der Waals surface area contributed by atoms with Crippen molar-refractivity contribution in [3.63, 3.8) is 0 Å². The van der Waals surface area contributed by atoms with Crippen LogP contribution < -0.4 is 5.32 Å². The van der Waals surface area contributed by atoms with Crippen molar-refractivity contribution < 1.29 is 14.3 Å². The van der Waals surface area contributed by atoms with Crippen LogP contribution >= 0.6 is 11.3 Å². The van der Waals surface area contributed by atoms with Gasteiger partial charge in [0.15, 0.2) is 6.10 Å². The van der Waals surface area contributed by atoms with Gasteiger partial charge in [-0.05, 0) is 23.9 Å². The van der Waals surface area contributed by atoms with Gasteiger partial charge in [-0.2, -0.15) is 5.10 Å². The number of nitrogens with one attached hydrogen (secondary N) is 1. The Labute approximate surface area is 167 Å². The first-order chi connectivity index (χ1) is 13.6. The largest absolute Gasteiger partial charge is 0.449 e. The fourth-order valence-corrected chi connectivity index (χ4v) is 3.33. The first-order valence-electron chi connectivity index (χ1n) is 8.83. The average Bonchev–Trinajstić information content (AvgIpc) is 3.36. The number of aromatic nitrogens is 2. The molecule has 7 heteroatoms. The molecule has 2 aromatic heterocycles. The molecule has 1 atom stereocenters. The molecule has 0 aliphatic heterocycles. The van der Waals surface area contributed by atoms with Gasteiger partial charge < -0.3 is 10.1 Å². The quantitative estimate of drug-likeness (QED) is 0.468. The Morgan fingerprint density at radius 2 is 2.07 bits per heavy atom. The molecule has 1 aromatic carbocycles. The summed E-state index contributed by atoms with van der Waals surface area (Å²) < 4.78 is 7.08. The second-order valence-electron chi connectivity index (χ2n) is 6.13. The molecule has 0 saturated carbocycles. The van der Waals surface area contributed by atoms with Gasteiger partial charge in [-0.25, -0.2) is 4.79 Å². The molecule has 0 radical (unpaired) electrons. The van der Waals surface area contributed by atoms with E-state index in [1.165, 1.54) is 18.3 Å². The lowest BCUT2D eigenvalue weighted by Gasteiger charge is -2.12. The third kappa shape index (κ3) is 4.75. The van der Waals surface area contributed by atoms with E-state index in [1.54, 1.807) is 17.0 Å². The number of ether oxygens (including phenoxy) is 1. The number of esters is 1. The van der Waals surface area contributed by atoms with Crippen molar-refractivity contribution in [3.05, 3.63) is 77.8 Å². The Kier molecular flexibility index (Phi) is 6.39. The van der Waals surface area contributed by atoms with Crippen LogP contribution in [-0.4, -0.2) is 34.3 Å². The van der Waals surface area contributed by atoms with Gasteiger partial charge in [-0.15, -0.1) is 17.9 Å². The zero-order valence-corrected chi connectivity index (χ0v) is 16.3. The summed E-state index contributed by atoms with van der Waals surface area (Å²) in [4.78, 5) is 25.6. The Bertz CT molecular complexity index is 949. The van der Waals surface area contributed by atoms with Gasteiger partial charge in [-0.3, -0.25) is 9.48 Å². The maximum absolute atomic E-state index is 12.7. The zero-order valence-electron chi connectivity index (χ0n) is 15.5. The number of amides is 1. The lowest BCUT2D eigenvalue weighted by atomic mass is 10.2. The van der Waals surface area contributed by atoms with Crippen LogP contribution in [0.1, 0.15) is 22.8 Å². The van der Waals surface area contributed by atoms with Crippen LogP contribution in [0, 0.1) is 0 Å². The highest BCUT2D eigenvalue weighted by atomic mass is 32.1. The van der Waals surface area contributed by atoms with Crippen LogP contribution in [0.15, 0.2) is 66.7 Å². The van der Waals surface area contributed by atoms with Gasteiger partial charge in [0.05, 0.1) is 11.4 Å². The van der Waals surface area contributed by atoms with Gasteiger partial charge in [0.2, 0.25) is 0 Å². The molecule has 0 aliphatic carbocycles. The Morgan fingerprint density at radius 1 is 1.29 bits per heavy atom. The lowest BCUT2D eigenvalue weighted by Crippen LogP contribution is -2.35. The van der Waals surface area contributed by atoms with Gasteiger partial charge in [0.25, 0.3) is 5.91 Å². The second kappa shape index (κ2) is 9.14. The molecule has 3 aromatic rings. The van der Waals surface area contributed by atoms with Gasteiger partial charge in [-0.1, -0.05) is 42.5 Å². The van der Waals surface area contributed by atoms with Crippen molar-refractivity contribution in [2.75, 3.05) is 6.54 Å². The van der Waals surface area contributed by atoms with Crippen molar-refractivity contribution in [1.29, 1.82) is 0 Å². The fraction of sp³-hybridized carbons (Fsp3) is 0.190. The summed E-state index contributed by atoms with van der Waals surface area (Å²) >= 11 is 1.49. The smallest absolute Gasteiger partial charge is 0.342 e. The lowest BCUT2D eigenvalue weighted by molar-refractivity contribution is -0.128. The number of nitrogens with zero attached hydrogens (tertiary/aromatic N) is 2. The van der Waals surface area contributed by atoms with E-state index in [1.807, 2.05) is 47.8 Å². The molecule has 0 unspecified atom stereocenters. The molecule has 6 nitrogen and oxygen atoms in total. The molecule has 0 bridgehead atoms. The van der Waals surface area contributed by atoms with Crippen LogP contribution in [0.3, 0.4) is 0 Å². The first-order valence-corrected chi connectivity index (χ1v) is 9.71. The van der Waals surface area contributed by atoms with Crippen molar-refractivity contribution in [1.82, 2.24) is 15.1 Å². The highest BCUT2D eigenvalue weighted by molar-refractivity contribution is 7.13. The van der Waals surface area contributed by atoms with Crippen molar-refractivity contribution in [2.45, 2.75) is 19.6 Å². The van der Waals surface area contributed by atoms with E-state index in [0.717, 1.165) is 10.4 Å². The SMILES string of the molecule is C=CCNC(=O)[C@@H](C)OC(=O)c1cn(Cc2ccccc2)nc1-c1cccs1. The number of carbonyl (C=O) groups is 2. The zero-order chi connectivity index (χ0) is 19.9. The summed E-state index contributed by atoms with van der Waals surface area (Å²) in [6.45, 7) is 5.93. The molecule has 1 N–H and O–H groups in total. The van der Waals surface area contributed by atoms with E-state index in [4.69, 9.17) is 4.74 Å². The highest BCUT2D eigenvalue weighted by Gasteiger charge is 2.24. The molecule has 0 saturated heterocycles. The van der Waals surface area contributed by atoms with Crippen LogP contribution in [0.2, 0.25) is 0 Å². The number of thiophene rings is 1. The van der Waals surface area contributed by atoms with Gasteiger partial charge >= 0.3 is 5.97 Å². The number of benzene rings is 1. The molecule has 3 rings (SSSR count). The summed E-state index contributed by atoms with van der Waals surface area (Å²) in [5.74, 6) is -0.952. The summed E-state index contributed by atoms with van der Waals surface area (Å²) in [5, 5.41) is 9.12. The van der Waals surface area contributed by atoms with E-state index < -0.39 is 12.1 Å². The molecule has 2 heterocycles. The minimum Gasteiger partial charge on any atom is -0.449 e. The monoisotopic (exact) mass is 395 g/mol. The van der Waals surface area contributed by atoms with Crippen LogP contribution in [0.5, 0.6) is 0 Å². The van der Waals surface area contributed by atoms with Crippen molar-refractivity contribution in [2.24, 2.45) is 0 Å². The minimum atomic E-state index is -0.916. The van der Waals surface area contributed by atoms with E-state index in [9.17, 15) is 9.59 Å². The summed E-state index contributed by atoms with van der Waals surface area (Å²) in [5.41, 5.74) is 1.95. The Balaban J connectivity index is 1.83. The van der Waals surface area contributed by atoms with Gasteiger partial charge in [0, 0.05) is 12.7 Å². The van der Waals surface area contributed by atoms with Gasteiger partial charge in [0.1, 0.15) is 11.3 Å². The Morgan fingerprint density at radius 3 is 2.75 bits per heavy atom. The number of hydrogen-bond donors (Lipinski definition) is 1. The van der Waals surface area contributed by atoms with Crippen LogP contribution in [0.25, 0.3) is 10.6 Å². The number of hydrogen-bond acceptors (Lipinski definition) is 5. The van der Waals surface area contributed by atoms with E-state index in [0.29, 0.717) is 24.3 Å². The van der Waals surface area contributed by atoms with Crippen LogP contribution in [-0.2, 0) is 16.1 Å². The highest BCUT2D eigenvalue weighted by Crippen LogP contribution is 2.27. The molecule has 144 valence electrons. The maximum atomic E-state index is 12.7. The Hall–Kier alpha value is -3.19. The second-order valence-corrected chi connectivity index (χ2v) is 7.08.